The lowest BCUT2D eigenvalue weighted by atomic mass is 10.1. The first-order chi connectivity index (χ1) is 17.0. The smallest absolute Gasteiger partial charge is 0.285 e. The number of ether oxygens (including phenoxy) is 2. The number of hydrogen-bond donors (Lipinski definition) is 1. The Bertz CT molecular complexity index is 1280. The molecular weight excluding hydrogens is 504 g/mol. The van der Waals surface area contributed by atoms with Crippen molar-refractivity contribution in [2.24, 2.45) is 0 Å². The summed E-state index contributed by atoms with van der Waals surface area (Å²) < 4.78 is 11.9. The van der Waals surface area contributed by atoms with Gasteiger partial charge in [-0.3, -0.25) is 15.0 Å². The van der Waals surface area contributed by atoms with Crippen LogP contribution in [-0.2, 0) is 11.4 Å². The van der Waals surface area contributed by atoms with Crippen LogP contribution in [0.15, 0.2) is 77.7 Å². The van der Waals surface area contributed by atoms with E-state index >= 15 is 0 Å². The molecular formula is C26H21ClN2O4S2. The van der Waals surface area contributed by atoms with Crippen molar-refractivity contribution in [2.45, 2.75) is 13.5 Å². The Labute approximate surface area is 217 Å². The Hall–Kier alpha value is -3.33. The lowest BCUT2D eigenvalue weighted by molar-refractivity contribution is -0.123. The van der Waals surface area contributed by atoms with Crippen LogP contribution in [0, 0.1) is 0 Å². The summed E-state index contributed by atoms with van der Waals surface area (Å²) in [5.41, 5.74) is 4.62. The van der Waals surface area contributed by atoms with Gasteiger partial charge in [0.1, 0.15) is 6.61 Å². The molecule has 1 fully saturated rings. The van der Waals surface area contributed by atoms with Crippen LogP contribution in [0.4, 0.5) is 0 Å². The summed E-state index contributed by atoms with van der Waals surface area (Å²) in [6, 6.07) is 21.8. The molecule has 0 atom stereocenters. The summed E-state index contributed by atoms with van der Waals surface area (Å²) in [6.45, 7) is 2.61. The number of benzene rings is 3. The zero-order chi connectivity index (χ0) is 24.8. The van der Waals surface area contributed by atoms with Crippen molar-refractivity contribution >= 4 is 57.8 Å². The Morgan fingerprint density at radius 1 is 1.09 bits per heavy atom. The van der Waals surface area contributed by atoms with Gasteiger partial charge in [-0.1, -0.05) is 71.9 Å². The summed E-state index contributed by atoms with van der Waals surface area (Å²) >= 11 is 12.9. The number of halogens is 1. The first-order valence-corrected chi connectivity index (χ1v) is 12.3. The highest BCUT2D eigenvalue weighted by atomic mass is 35.5. The average molecular weight is 525 g/mol. The normalized spacial score (nSPS) is 14.3. The molecule has 0 radical (unpaired) electrons. The van der Waals surface area contributed by atoms with Gasteiger partial charge in [0.25, 0.3) is 11.8 Å². The molecule has 35 heavy (non-hydrogen) atoms. The van der Waals surface area contributed by atoms with E-state index in [0.717, 1.165) is 22.3 Å². The number of carbonyl (C=O) groups is 2. The van der Waals surface area contributed by atoms with Gasteiger partial charge >= 0.3 is 0 Å². The molecule has 1 saturated heterocycles. The van der Waals surface area contributed by atoms with Crippen molar-refractivity contribution in [1.29, 1.82) is 0 Å². The standard InChI is InChI=1S/C26H21ClN2O4S2/c1-2-32-21-14-18(13-20(27)23(21)33-16-17-9-5-3-6-10-17)15-22-25(31)29(26(34)35-22)28-24(30)19-11-7-4-8-12-19/h3-15H,2,16H2,1H3,(H,28,30)/b22-15-. The van der Waals surface area contributed by atoms with Crippen molar-refractivity contribution in [3.05, 3.63) is 99.4 Å². The molecule has 0 unspecified atom stereocenters. The van der Waals surface area contributed by atoms with E-state index < -0.39 is 11.8 Å². The lowest BCUT2D eigenvalue weighted by Gasteiger charge is -2.15. The van der Waals surface area contributed by atoms with Gasteiger partial charge < -0.3 is 9.47 Å². The summed E-state index contributed by atoms with van der Waals surface area (Å²) in [4.78, 5) is 25.8. The topological polar surface area (TPSA) is 67.9 Å². The molecule has 0 saturated carbocycles. The van der Waals surface area contributed by atoms with Gasteiger partial charge in [0.2, 0.25) is 0 Å². The van der Waals surface area contributed by atoms with Crippen LogP contribution in [0.5, 0.6) is 11.5 Å². The minimum atomic E-state index is -0.428. The number of hydrogen-bond acceptors (Lipinski definition) is 6. The van der Waals surface area contributed by atoms with Crippen LogP contribution in [0.25, 0.3) is 6.08 Å². The molecule has 1 heterocycles. The number of nitrogens with zero attached hydrogens (tertiary/aromatic N) is 1. The molecule has 1 aliphatic rings. The monoisotopic (exact) mass is 524 g/mol. The molecule has 9 heteroatoms. The van der Waals surface area contributed by atoms with Gasteiger partial charge in [0.15, 0.2) is 15.8 Å². The molecule has 178 valence electrons. The number of thioether (sulfide) groups is 1. The second-order valence-electron chi connectivity index (χ2n) is 7.36. The molecule has 0 bridgehead atoms. The van der Waals surface area contributed by atoms with E-state index in [1.807, 2.05) is 37.3 Å². The average Bonchev–Trinajstić information content (AvgIpc) is 3.12. The van der Waals surface area contributed by atoms with Crippen molar-refractivity contribution in [3.8, 4) is 11.5 Å². The Morgan fingerprint density at radius 2 is 1.77 bits per heavy atom. The van der Waals surface area contributed by atoms with Gasteiger partial charge in [-0.15, -0.1) is 0 Å². The third-order valence-electron chi connectivity index (χ3n) is 4.90. The van der Waals surface area contributed by atoms with Crippen LogP contribution in [0.3, 0.4) is 0 Å². The van der Waals surface area contributed by atoms with Crippen LogP contribution < -0.4 is 14.9 Å². The van der Waals surface area contributed by atoms with Crippen molar-refractivity contribution in [3.63, 3.8) is 0 Å². The minimum absolute atomic E-state index is 0.226. The Morgan fingerprint density at radius 3 is 2.46 bits per heavy atom. The van der Waals surface area contributed by atoms with Crippen molar-refractivity contribution < 1.29 is 19.1 Å². The molecule has 3 aromatic carbocycles. The molecule has 0 aliphatic carbocycles. The SMILES string of the molecule is CCOc1cc(/C=C2\SC(=S)N(NC(=O)c3ccccc3)C2=O)cc(Cl)c1OCc1ccccc1. The summed E-state index contributed by atoms with van der Waals surface area (Å²) in [7, 11) is 0. The highest BCUT2D eigenvalue weighted by molar-refractivity contribution is 8.26. The van der Waals surface area contributed by atoms with Gasteiger partial charge in [-0.2, -0.15) is 5.01 Å². The molecule has 1 aliphatic heterocycles. The van der Waals surface area contributed by atoms with E-state index in [-0.39, 0.29) is 4.32 Å². The summed E-state index contributed by atoms with van der Waals surface area (Å²) in [6.07, 6.45) is 1.66. The second kappa shape index (κ2) is 11.4. The maximum Gasteiger partial charge on any atom is 0.285 e. The predicted molar refractivity (Wildman–Crippen MR) is 142 cm³/mol. The first kappa shape index (κ1) is 24.8. The number of amides is 2. The van der Waals surface area contributed by atoms with E-state index in [1.54, 1.807) is 48.5 Å². The molecule has 4 rings (SSSR count). The number of rotatable bonds is 8. The van der Waals surface area contributed by atoms with Gasteiger partial charge in [0.05, 0.1) is 16.5 Å². The molecule has 1 N–H and O–H groups in total. The van der Waals surface area contributed by atoms with Crippen LogP contribution in [0.2, 0.25) is 5.02 Å². The first-order valence-electron chi connectivity index (χ1n) is 10.7. The van der Waals surface area contributed by atoms with E-state index in [9.17, 15) is 9.59 Å². The fraction of sp³-hybridized carbons (Fsp3) is 0.115. The summed E-state index contributed by atoms with van der Waals surface area (Å²) in [5.74, 6) is 0.0414. The maximum atomic E-state index is 13.0. The molecule has 2 amide bonds. The fourth-order valence-corrected chi connectivity index (χ4v) is 4.73. The highest BCUT2D eigenvalue weighted by Crippen LogP contribution is 2.39. The summed E-state index contributed by atoms with van der Waals surface area (Å²) in [5, 5.41) is 1.43. The number of thiocarbonyl (C=S) groups is 1. The lowest BCUT2D eigenvalue weighted by Crippen LogP contribution is -2.44. The third kappa shape index (κ3) is 6.03. The minimum Gasteiger partial charge on any atom is -0.490 e. The van der Waals surface area contributed by atoms with E-state index in [1.165, 1.54) is 0 Å². The van der Waals surface area contributed by atoms with Crippen molar-refractivity contribution in [2.75, 3.05) is 6.61 Å². The largest absolute Gasteiger partial charge is 0.490 e. The van der Waals surface area contributed by atoms with E-state index in [2.05, 4.69) is 5.43 Å². The second-order valence-corrected chi connectivity index (χ2v) is 9.44. The van der Waals surface area contributed by atoms with Gasteiger partial charge in [-0.05, 0) is 60.6 Å². The van der Waals surface area contributed by atoms with Crippen LogP contribution >= 0.6 is 35.6 Å². The van der Waals surface area contributed by atoms with Gasteiger partial charge in [0, 0.05) is 5.56 Å². The molecule has 6 nitrogen and oxygen atoms in total. The van der Waals surface area contributed by atoms with Gasteiger partial charge in [-0.25, -0.2) is 0 Å². The fourth-order valence-electron chi connectivity index (χ4n) is 3.28. The van der Waals surface area contributed by atoms with E-state index in [4.69, 9.17) is 33.3 Å². The molecule has 0 aromatic heterocycles. The van der Waals surface area contributed by atoms with Crippen LogP contribution in [0.1, 0.15) is 28.4 Å². The Kier molecular flexibility index (Phi) is 8.07. The predicted octanol–water partition coefficient (Wildman–Crippen LogP) is 5.86. The number of hydrazine groups is 1. The van der Waals surface area contributed by atoms with Crippen molar-refractivity contribution in [1.82, 2.24) is 10.4 Å². The Balaban J connectivity index is 1.53. The highest BCUT2D eigenvalue weighted by Gasteiger charge is 2.34. The third-order valence-corrected chi connectivity index (χ3v) is 6.48. The number of nitrogens with one attached hydrogen (secondary N) is 1. The quantitative estimate of drug-likeness (QED) is 0.294. The zero-order valence-electron chi connectivity index (χ0n) is 18.7. The molecule has 0 spiro atoms. The molecule has 3 aromatic rings. The van der Waals surface area contributed by atoms with E-state index in [0.29, 0.717) is 45.8 Å². The zero-order valence-corrected chi connectivity index (χ0v) is 21.1. The maximum absolute atomic E-state index is 13.0. The van der Waals surface area contributed by atoms with Crippen LogP contribution in [-0.4, -0.2) is 27.8 Å². The number of carbonyl (C=O) groups excluding carboxylic acids is 2.